The van der Waals surface area contributed by atoms with Gasteiger partial charge in [0.1, 0.15) is 6.10 Å². The number of fused-ring (bicyclic) bond motifs is 1. The van der Waals surface area contributed by atoms with E-state index in [4.69, 9.17) is 10.5 Å². The Kier molecular flexibility index (Phi) is 7.27. The van der Waals surface area contributed by atoms with Crippen molar-refractivity contribution in [3.63, 3.8) is 0 Å². The van der Waals surface area contributed by atoms with Crippen LogP contribution in [0.25, 0.3) is 5.69 Å². The van der Waals surface area contributed by atoms with E-state index in [1.807, 2.05) is 39.3 Å². The van der Waals surface area contributed by atoms with Crippen molar-refractivity contribution in [1.29, 1.82) is 0 Å². The number of anilines is 1. The number of amides is 1. The molecule has 1 aromatic carbocycles. The third kappa shape index (κ3) is 5.64. The summed E-state index contributed by atoms with van der Waals surface area (Å²) >= 11 is 0. The zero-order chi connectivity index (χ0) is 26.2. The van der Waals surface area contributed by atoms with Gasteiger partial charge in [0.15, 0.2) is 5.78 Å². The molecule has 3 N–H and O–H groups in total. The van der Waals surface area contributed by atoms with E-state index < -0.39 is 5.91 Å². The van der Waals surface area contributed by atoms with Crippen molar-refractivity contribution >= 4 is 23.3 Å². The molecule has 1 fully saturated rings. The smallest absolute Gasteiger partial charge is 0.320 e. The minimum atomic E-state index is -0.489. The lowest BCUT2D eigenvalue weighted by Gasteiger charge is -2.31. The second-order valence-electron chi connectivity index (χ2n) is 11.4. The van der Waals surface area contributed by atoms with Gasteiger partial charge in [-0.15, -0.1) is 0 Å². The molecule has 2 aromatic rings. The van der Waals surface area contributed by atoms with Gasteiger partial charge in [0, 0.05) is 41.3 Å². The van der Waals surface area contributed by atoms with Gasteiger partial charge < -0.3 is 20.4 Å². The first-order chi connectivity index (χ1) is 16.9. The van der Waals surface area contributed by atoms with Crippen molar-refractivity contribution in [2.45, 2.75) is 71.4 Å². The zero-order valence-electron chi connectivity index (χ0n) is 22.0. The lowest BCUT2D eigenvalue weighted by atomic mass is 9.75. The number of nitrogens with one attached hydrogen (secondary N) is 1. The molecule has 2 aliphatic rings. The number of ketones is 1. The van der Waals surface area contributed by atoms with E-state index in [1.165, 1.54) is 0 Å². The standard InChI is InChI=1S/C28H38N4O4/c1-17-15-32(23-13-28(2,3)14-24(33)26(17)23)19-8-11-21(27(29)35)22(12-19)30-18-6-9-20(10-7-18)36-25(34)16-31(4)5/h8,11-12,15,18,20,30H,6-7,9-10,13-14,16H2,1-5H3,(H2,29,35). The third-order valence-electron chi connectivity index (χ3n) is 7.18. The summed E-state index contributed by atoms with van der Waals surface area (Å²) < 4.78 is 7.69. The Morgan fingerprint density at radius 3 is 2.50 bits per heavy atom. The summed E-state index contributed by atoms with van der Waals surface area (Å²) in [5.74, 6) is -0.503. The van der Waals surface area contributed by atoms with E-state index in [0.29, 0.717) is 17.7 Å². The van der Waals surface area contributed by atoms with Crippen LogP contribution in [0.1, 0.15) is 77.9 Å². The van der Waals surface area contributed by atoms with Crippen LogP contribution in [-0.4, -0.2) is 59.9 Å². The van der Waals surface area contributed by atoms with E-state index in [1.54, 1.807) is 11.0 Å². The van der Waals surface area contributed by atoms with Gasteiger partial charge in [-0.05, 0) is 82.3 Å². The summed E-state index contributed by atoms with van der Waals surface area (Å²) in [5.41, 5.74) is 10.4. The molecular formula is C28H38N4O4. The molecule has 0 unspecified atom stereocenters. The average molecular weight is 495 g/mol. The fourth-order valence-electron chi connectivity index (χ4n) is 5.55. The maximum absolute atomic E-state index is 12.9. The minimum absolute atomic E-state index is 0.0762. The number of likely N-dealkylation sites (N-methyl/N-ethyl adjacent to an activating group) is 1. The highest BCUT2D eigenvalue weighted by Crippen LogP contribution is 2.38. The van der Waals surface area contributed by atoms with Crippen LogP contribution in [0.15, 0.2) is 24.4 Å². The molecule has 8 heteroatoms. The first-order valence-corrected chi connectivity index (χ1v) is 12.7. The second-order valence-corrected chi connectivity index (χ2v) is 11.4. The van der Waals surface area contributed by atoms with Crippen LogP contribution in [0.3, 0.4) is 0 Å². The Hall–Kier alpha value is -3.13. The number of aryl methyl sites for hydroxylation is 1. The van der Waals surface area contributed by atoms with Gasteiger partial charge in [-0.1, -0.05) is 13.8 Å². The Balaban J connectivity index is 1.54. The van der Waals surface area contributed by atoms with Crippen molar-refractivity contribution < 1.29 is 19.1 Å². The van der Waals surface area contributed by atoms with Gasteiger partial charge in [0.05, 0.1) is 12.1 Å². The summed E-state index contributed by atoms with van der Waals surface area (Å²) in [7, 11) is 3.69. The summed E-state index contributed by atoms with van der Waals surface area (Å²) in [5, 5.41) is 3.53. The first kappa shape index (κ1) is 25.9. The molecule has 8 nitrogen and oxygen atoms in total. The maximum Gasteiger partial charge on any atom is 0.320 e. The number of carbonyl (C=O) groups excluding carboxylic acids is 3. The van der Waals surface area contributed by atoms with E-state index in [-0.39, 0.29) is 35.9 Å². The predicted octanol–water partition coefficient (Wildman–Crippen LogP) is 3.87. The summed E-state index contributed by atoms with van der Waals surface area (Å²) in [6, 6.07) is 5.74. The number of Topliss-reactive ketones (excluding diaryl/α,β-unsaturated/α-hetero) is 1. The monoisotopic (exact) mass is 494 g/mol. The number of hydrogen-bond donors (Lipinski definition) is 2. The molecule has 0 aliphatic heterocycles. The Bertz CT molecular complexity index is 1170. The summed E-state index contributed by atoms with van der Waals surface area (Å²) in [4.78, 5) is 38.9. The third-order valence-corrected chi connectivity index (χ3v) is 7.18. The van der Waals surface area contributed by atoms with E-state index >= 15 is 0 Å². The topological polar surface area (TPSA) is 107 Å². The molecule has 1 heterocycles. The molecule has 4 rings (SSSR count). The summed E-state index contributed by atoms with van der Waals surface area (Å²) in [6.07, 6.45) is 6.47. The lowest BCUT2D eigenvalue weighted by Crippen LogP contribution is -2.34. The normalized spacial score (nSPS) is 21.2. The highest BCUT2D eigenvalue weighted by atomic mass is 16.5. The molecule has 1 saturated carbocycles. The second kappa shape index (κ2) is 10.1. The minimum Gasteiger partial charge on any atom is -0.461 e. The summed E-state index contributed by atoms with van der Waals surface area (Å²) in [6.45, 7) is 6.50. The van der Waals surface area contributed by atoms with Crippen molar-refractivity contribution in [2.75, 3.05) is 26.0 Å². The quantitative estimate of drug-likeness (QED) is 0.566. The molecule has 36 heavy (non-hydrogen) atoms. The molecule has 0 saturated heterocycles. The number of benzene rings is 1. The molecule has 0 atom stereocenters. The molecule has 1 amide bonds. The van der Waals surface area contributed by atoms with Crippen molar-refractivity contribution in [3.05, 3.63) is 46.8 Å². The van der Waals surface area contributed by atoms with Gasteiger partial charge in [-0.2, -0.15) is 0 Å². The van der Waals surface area contributed by atoms with Crippen LogP contribution in [-0.2, 0) is 16.0 Å². The average Bonchev–Trinajstić information content (AvgIpc) is 3.09. The number of carbonyl (C=O) groups is 3. The zero-order valence-corrected chi connectivity index (χ0v) is 22.0. The van der Waals surface area contributed by atoms with Crippen LogP contribution in [0.5, 0.6) is 0 Å². The number of esters is 1. The lowest BCUT2D eigenvalue weighted by molar-refractivity contribution is -0.151. The number of primary amides is 1. The predicted molar refractivity (Wildman–Crippen MR) is 140 cm³/mol. The highest BCUT2D eigenvalue weighted by molar-refractivity contribution is 6.01. The van der Waals surface area contributed by atoms with E-state index in [0.717, 1.165) is 54.6 Å². The Morgan fingerprint density at radius 1 is 1.17 bits per heavy atom. The van der Waals surface area contributed by atoms with Gasteiger partial charge in [-0.3, -0.25) is 19.3 Å². The fourth-order valence-corrected chi connectivity index (χ4v) is 5.55. The van der Waals surface area contributed by atoms with Gasteiger partial charge >= 0.3 is 5.97 Å². The molecule has 194 valence electrons. The van der Waals surface area contributed by atoms with Gasteiger partial charge in [0.2, 0.25) is 0 Å². The van der Waals surface area contributed by atoms with Crippen molar-refractivity contribution in [2.24, 2.45) is 11.1 Å². The Morgan fingerprint density at radius 2 is 1.86 bits per heavy atom. The van der Waals surface area contributed by atoms with Gasteiger partial charge in [0.25, 0.3) is 5.91 Å². The first-order valence-electron chi connectivity index (χ1n) is 12.7. The van der Waals surface area contributed by atoms with Crippen LogP contribution < -0.4 is 11.1 Å². The highest BCUT2D eigenvalue weighted by Gasteiger charge is 2.35. The molecule has 0 bridgehead atoms. The fraction of sp³-hybridized carbons (Fsp3) is 0.536. The van der Waals surface area contributed by atoms with Gasteiger partial charge in [-0.25, -0.2) is 0 Å². The van der Waals surface area contributed by atoms with Crippen LogP contribution >= 0.6 is 0 Å². The van der Waals surface area contributed by atoms with E-state index in [9.17, 15) is 14.4 Å². The number of nitrogens with zero attached hydrogens (tertiary/aromatic N) is 2. The van der Waals surface area contributed by atoms with E-state index in [2.05, 4.69) is 23.7 Å². The number of nitrogens with two attached hydrogens (primary N) is 1. The van der Waals surface area contributed by atoms with Crippen LogP contribution in [0, 0.1) is 12.3 Å². The molecule has 1 aromatic heterocycles. The SMILES string of the molecule is Cc1cn(-c2ccc(C(N)=O)c(NC3CCC(OC(=O)CN(C)C)CC3)c2)c2c1C(=O)CC(C)(C)C2. The molecular weight excluding hydrogens is 456 g/mol. The van der Waals surface area contributed by atoms with Crippen molar-refractivity contribution in [1.82, 2.24) is 9.47 Å². The van der Waals surface area contributed by atoms with Crippen LogP contribution in [0.4, 0.5) is 5.69 Å². The molecule has 2 aliphatic carbocycles. The number of rotatable bonds is 7. The molecule has 0 spiro atoms. The number of hydrogen-bond acceptors (Lipinski definition) is 6. The molecule has 0 radical (unpaired) electrons. The van der Waals surface area contributed by atoms with Crippen molar-refractivity contribution in [3.8, 4) is 5.69 Å². The Labute approximate surface area is 213 Å². The number of ether oxygens (including phenoxy) is 1. The largest absolute Gasteiger partial charge is 0.461 e. The van der Waals surface area contributed by atoms with Crippen LogP contribution in [0.2, 0.25) is 0 Å². The maximum atomic E-state index is 12.9. The number of aromatic nitrogens is 1.